The van der Waals surface area contributed by atoms with Crippen molar-refractivity contribution in [1.82, 2.24) is 5.32 Å². The number of hydrogen-bond acceptors (Lipinski definition) is 1. The van der Waals surface area contributed by atoms with Gasteiger partial charge in [0.2, 0.25) is 0 Å². The van der Waals surface area contributed by atoms with Gasteiger partial charge >= 0.3 is 0 Å². The van der Waals surface area contributed by atoms with Crippen LogP contribution < -0.4 is 5.32 Å². The Balaban J connectivity index is 1.97. The van der Waals surface area contributed by atoms with E-state index < -0.39 is 0 Å². The average Bonchev–Trinajstić information content (AvgIpc) is 3.10. The molecule has 0 aliphatic heterocycles. The Bertz CT molecular complexity index is 441. The summed E-state index contributed by atoms with van der Waals surface area (Å²) in [6.45, 7) is 2.57. The number of carbonyl (C=O) groups is 1. The number of amides is 1. The van der Waals surface area contributed by atoms with Crippen LogP contribution in [-0.2, 0) is 0 Å². The van der Waals surface area contributed by atoms with Crippen LogP contribution in [0.4, 0.5) is 0 Å². The molecule has 0 aromatic heterocycles. The molecule has 0 bridgehead atoms. The van der Waals surface area contributed by atoms with Gasteiger partial charge in [0.1, 0.15) is 0 Å². The molecule has 1 fully saturated rings. The molecule has 1 aromatic rings. The summed E-state index contributed by atoms with van der Waals surface area (Å²) in [5, 5.41) is 3.54. The summed E-state index contributed by atoms with van der Waals surface area (Å²) in [6, 6.07) is 5.34. The number of benzene rings is 1. The number of nitrogens with one attached hydrogen (secondary N) is 1. The minimum atomic E-state index is -0.0803. The summed E-state index contributed by atoms with van der Waals surface area (Å²) >= 11 is 11.8. The van der Waals surface area contributed by atoms with Crippen LogP contribution in [0, 0.1) is 12.3 Å². The maximum atomic E-state index is 11.9. The third-order valence-electron chi connectivity index (χ3n) is 3.30. The monoisotopic (exact) mass is 271 g/mol. The van der Waals surface area contributed by atoms with E-state index in [1.165, 1.54) is 0 Å². The lowest BCUT2D eigenvalue weighted by atomic mass is 10.1. The van der Waals surface area contributed by atoms with Crippen molar-refractivity contribution in [2.75, 3.05) is 12.4 Å². The Labute approximate surface area is 111 Å². The maximum absolute atomic E-state index is 11.9. The summed E-state index contributed by atoms with van der Waals surface area (Å²) in [7, 11) is 0. The quantitative estimate of drug-likeness (QED) is 0.836. The molecule has 0 radical (unpaired) electrons. The van der Waals surface area contributed by atoms with Gasteiger partial charge in [0.15, 0.2) is 0 Å². The molecule has 2 rings (SSSR count). The Morgan fingerprint density at radius 3 is 2.71 bits per heavy atom. The number of hydrogen-bond donors (Lipinski definition) is 1. The highest BCUT2D eigenvalue weighted by Gasteiger charge is 2.41. The fourth-order valence-electron chi connectivity index (χ4n) is 1.64. The highest BCUT2D eigenvalue weighted by molar-refractivity contribution is 6.31. The number of aryl methyl sites for hydroxylation is 1. The van der Waals surface area contributed by atoms with Crippen molar-refractivity contribution in [1.29, 1.82) is 0 Å². The molecule has 4 heteroatoms. The normalized spacial score (nSPS) is 16.6. The molecule has 1 amide bonds. The van der Waals surface area contributed by atoms with Crippen LogP contribution >= 0.6 is 23.2 Å². The zero-order valence-electron chi connectivity index (χ0n) is 9.72. The van der Waals surface area contributed by atoms with Crippen molar-refractivity contribution in [2.45, 2.75) is 19.8 Å². The van der Waals surface area contributed by atoms with Gasteiger partial charge in [0.05, 0.1) is 0 Å². The van der Waals surface area contributed by atoms with E-state index in [2.05, 4.69) is 5.32 Å². The number of rotatable bonds is 4. The Kier molecular flexibility index (Phi) is 3.64. The van der Waals surface area contributed by atoms with E-state index in [9.17, 15) is 4.79 Å². The topological polar surface area (TPSA) is 29.1 Å². The molecular weight excluding hydrogens is 257 g/mol. The zero-order valence-corrected chi connectivity index (χ0v) is 11.2. The van der Waals surface area contributed by atoms with Gasteiger partial charge in [-0.25, -0.2) is 0 Å². The van der Waals surface area contributed by atoms with Gasteiger partial charge in [-0.1, -0.05) is 17.7 Å². The van der Waals surface area contributed by atoms with Crippen LogP contribution in [0.3, 0.4) is 0 Å². The molecule has 0 unspecified atom stereocenters. The summed E-state index contributed by atoms with van der Waals surface area (Å²) in [4.78, 5) is 11.9. The molecule has 1 aromatic carbocycles. The highest BCUT2D eigenvalue weighted by Crippen LogP contribution is 2.45. The van der Waals surface area contributed by atoms with E-state index in [1.807, 2.05) is 13.0 Å². The number of carbonyl (C=O) groups excluding carboxylic acids is 1. The first-order valence-electron chi connectivity index (χ1n) is 5.67. The van der Waals surface area contributed by atoms with Crippen LogP contribution in [0.5, 0.6) is 0 Å². The second kappa shape index (κ2) is 4.87. The molecule has 1 N–H and O–H groups in total. The maximum Gasteiger partial charge on any atom is 0.251 e. The van der Waals surface area contributed by atoms with E-state index in [0.29, 0.717) is 23.0 Å². The molecule has 1 aliphatic rings. The third kappa shape index (κ3) is 2.93. The van der Waals surface area contributed by atoms with Crippen LogP contribution in [0.15, 0.2) is 18.2 Å². The molecule has 1 saturated carbocycles. The van der Waals surface area contributed by atoms with Crippen molar-refractivity contribution in [3.63, 3.8) is 0 Å². The molecule has 0 heterocycles. The lowest BCUT2D eigenvalue weighted by Gasteiger charge is -2.12. The second-order valence-corrected chi connectivity index (χ2v) is 5.45. The smallest absolute Gasteiger partial charge is 0.251 e. The molecular formula is C13H15Cl2NO. The summed E-state index contributed by atoms with van der Waals surface area (Å²) in [6.07, 6.45) is 2.21. The van der Waals surface area contributed by atoms with Crippen LogP contribution in [0.1, 0.15) is 28.8 Å². The Morgan fingerprint density at radius 1 is 1.47 bits per heavy atom. The predicted molar refractivity (Wildman–Crippen MR) is 70.9 cm³/mol. The lowest BCUT2D eigenvalue weighted by Crippen LogP contribution is -2.30. The molecule has 92 valence electrons. The van der Waals surface area contributed by atoms with Gasteiger partial charge in [0.25, 0.3) is 5.91 Å². The van der Waals surface area contributed by atoms with E-state index in [4.69, 9.17) is 23.2 Å². The SMILES string of the molecule is Cc1ccc(C(=O)NCC2(CCl)CC2)cc1Cl. The summed E-state index contributed by atoms with van der Waals surface area (Å²) in [5.74, 6) is 0.533. The summed E-state index contributed by atoms with van der Waals surface area (Å²) in [5.41, 5.74) is 1.72. The fourth-order valence-corrected chi connectivity index (χ4v) is 2.18. The van der Waals surface area contributed by atoms with Crippen molar-refractivity contribution < 1.29 is 4.79 Å². The molecule has 0 saturated heterocycles. The predicted octanol–water partition coefficient (Wildman–Crippen LogP) is 3.40. The number of alkyl halides is 1. The molecule has 0 atom stereocenters. The molecule has 17 heavy (non-hydrogen) atoms. The fraction of sp³-hybridized carbons (Fsp3) is 0.462. The number of halogens is 2. The first-order chi connectivity index (χ1) is 8.06. The van der Waals surface area contributed by atoms with Gasteiger partial charge in [-0.2, -0.15) is 0 Å². The van der Waals surface area contributed by atoms with E-state index in [0.717, 1.165) is 18.4 Å². The van der Waals surface area contributed by atoms with Crippen molar-refractivity contribution in [2.24, 2.45) is 5.41 Å². The van der Waals surface area contributed by atoms with Gasteiger partial charge < -0.3 is 5.32 Å². The van der Waals surface area contributed by atoms with Gasteiger partial charge in [0, 0.05) is 28.4 Å². The zero-order chi connectivity index (χ0) is 12.5. The van der Waals surface area contributed by atoms with E-state index in [-0.39, 0.29) is 11.3 Å². The van der Waals surface area contributed by atoms with Gasteiger partial charge in [-0.3, -0.25) is 4.79 Å². The molecule has 0 spiro atoms. The van der Waals surface area contributed by atoms with Crippen LogP contribution in [0.2, 0.25) is 5.02 Å². The lowest BCUT2D eigenvalue weighted by molar-refractivity contribution is 0.0946. The van der Waals surface area contributed by atoms with Crippen molar-refractivity contribution in [3.05, 3.63) is 34.3 Å². The second-order valence-electron chi connectivity index (χ2n) is 4.78. The van der Waals surface area contributed by atoms with Crippen molar-refractivity contribution in [3.8, 4) is 0 Å². The Hall–Kier alpha value is -0.730. The average molecular weight is 272 g/mol. The standard InChI is InChI=1S/C13H15Cl2NO/c1-9-2-3-10(6-11(9)15)12(17)16-8-13(7-14)4-5-13/h2-3,6H,4-5,7-8H2,1H3,(H,16,17). The first-order valence-corrected chi connectivity index (χ1v) is 6.58. The van der Waals surface area contributed by atoms with Gasteiger partial charge in [-0.05, 0) is 37.5 Å². The summed E-state index contributed by atoms with van der Waals surface area (Å²) < 4.78 is 0. The van der Waals surface area contributed by atoms with Gasteiger partial charge in [-0.15, -0.1) is 11.6 Å². The van der Waals surface area contributed by atoms with E-state index >= 15 is 0 Å². The third-order valence-corrected chi connectivity index (χ3v) is 4.27. The minimum absolute atomic E-state index is 0.0803. The van der Waals surface area contributed by atoms with E-state index in [1.54, 1.807) is 12.1 Å². The van der Waals surface area contributed by atoms with Crippen LogP contribution in [-0.4, -0.2) is 18.3 Å². The first kappa shape index (κ1) is 12.7. The largest absolute Gasteiger partial charge is 0.351 e. The molecule has 1 aliphatic carbocycles. The highest BCUT2D eigenvalue weighted by atomic mass is 35.5. The Morgan fingerprint density at radius 2 is 2.18 bits per heavy atom. The molecule has 2 nitrogen and oxygen atoms in total. The van der Waals surface area contributed by atoms with Crippen LogP contribution in [0.25, 0.3) is 0 Å². The minimum Gasteiger partial charge on any atom is -0.351 e. The van der Waals surface area contributed by atoms with Crippen molar-refractivity contribution >= 4 is 29.1 Å².